The second-order valence-electron chi connectivity index (χ2n) is 9.33. The SMILES string of the molecule is CC(=O)OCc1ccc(CN2CCCN(C(=O)C3CCN(c4nc5ccccc5s4)CC3)CC2)o1. The molecule has 2 aliphatic rings. The maximum atomic E-state index is 13.3. The van der Waals surface area contributed by atoms with Gasteiger partial charge in [0.15, 0.2) is 5.13 Å². The Labute approximate surface area is 209 Å². The fraction of sp³-hybridized carbons (Fsp3) is 0.500. The lowest BCUT2D eigenvalue weighted by Crippen LogP contribution is -2.43. The third kappa shape index (κ3) is 5.85. The van der Waals surface area contributed by atoms with E-state index in [0.29, 0.717) is 18.2 Å². The highest BCUT2D eigenvalue weighted by Crippen LogP contribution is 2.32. The normalized spacial score (nSPS) is 18.1. The van der Waals surface area contributed by atoms with Gasteiger partial charge in [0.05, 0.1) is 16.8 Å². The fourth-order valence-corrected chi connectivity index (χ4v) is 5.92. The molecule has 0 radical (unpaired) electrons. The van der Waals surface area contributed by atoms with Gasteiger partial charge in [-0.2, -0.15) is 0 Å². The molecule has 3 aromatic rings. The number of para-hydroxylation sites is 1. The van der Waals surface area contributed by atoms with Gasteiger partial charge in [-0.25, -0.2) is 4.98 Å². The first-order valence-corrected chi connectivity index (χ1v) is 13.2. The Morgan fingerprint density at radius 2 is 1.83 bits per heavy atom. The highest BCUT2D eigenvalue weighted by Gasteiger charge is 2.30. The second-order valence-corrected chi connectivity index (χ2v) is 10.3. The molecule has 2 fully saturated rings. The van der Waals surface area contributed by atoms with Crippen LogP contribution in [-0.2, 0) is 27.5 Å². The first kappa shape index (κ1) is 23.8. The number of hydrogen-bond donors (Lipinski definition) is 0. The van der Waals surface area contributed by atoms with Gasteiger partial charge in [-0.1, -0.05) is 23.5 Å². The van der Waals surface area contributed by atoms with Crippen LogP contribution in [0.25, 0.3) is 10.2 Å². The van der Waals surface area contributed by atoms with Gasteiger partial charge in [0.1, 0.15) is 18.1 Å². The van der Waals surface area contributed by atoms with Gasteiger partial charge in [-0.15, -0.1) is 0 Å². The van der Waals surface area contributed by atoms with Crippen LogP contribution in [0.1, 0.15) is 37.7 Å². The topological polar surface area (TPSA) is 79.1 Å². The molecule has 0 aliphatic carbocycles. The van der Waals surface area contributed by atoms with Crippen molar-refractivity contribution in [2.24, 2.45) is 5.92 Å². The summed E-state index contributed by atoms with van der Waals surface area (Å²) in [5.41, 5.74) is 1.05. The number of fused-ring (bicyclic) bond motifs is 1. The van der Waals surface area contributed by atoms with Gasteiger partial charge < -0.3 is 19.0 Å². The van der Waals surface area contributed by atoms with Crippen molar-refractivity contribution in [2.45, 2.75) is 39.3 Å². The number of ether oxygens (including phenoxy) is 1. The highest BCUT2D eigenvalue weighted by atomic mass is 32.1. The molecule has 0 unspecified atom stereocenters. The molecule has 1 aromatic carbocycles. The Kier molecular flexibility index (Phi) is 7.34. The molecule has 0 spiro atoms. The lowest BCUT2D eigenvalue weighted by Gasteiger charge is -2.33. The van der Waals surface area contributed by atoms with Crippen LogP contribution in [-0.4, -0.2) is 65.9 Å². The van der Waals surface area contributed by atoms with Crippen molar-refractivity contribution in [3.8, 4) is 0 Å². The van der Waals surface area contributed by atoms with E-state index >= 15 is 0 Å². The Hall–Kier alpha value is -2.91. The molecular weight excluding hydrogens is 464 g/mol. The van der Waals surface area contributed by atoms with E-state index in [1.807, 2.05) is 18.2 Å². The minimum absolute atomic E-state index is 0.0982. The van der Waals surface area contributed by atoms with Gasteiger partial charge in [0, 0.05) is 52.1 Å². The van der Waals surface area contributed by atoms with E-state index in [9.17, 15) is 9.59 Å². The Bertz CT molecular complexity index is 1130. The van der Waals surface area contributed by atoms with Crippen LogP contribution in [0.5, 0.6) is 0 Å². The predicted molar refractivity (Wildman–Crippen MR) is 135 cm³/mol. The number of esters is 1. The quantitative estimate of drug-likeness (QED) is 0.479. The van der Waals surface area contributed by atoms with Crippen molar-refractivity contribution in [2.75, 3.05) is 44.2 Å². The Morgan fingerprint density at radius 1 is 1.03 bits per heavy atom. The first-order valence-electron chi connectivity index (χ1n) is 12.4. The Balaban J connectivity index is 1.10. The third-order valence-electron chi connectivity index (χ3n) is 6.81. The van der Waals surface area contributed by atoms with E-state index in [1.54, 1.807) is 11.3 Å². The second kappa shape index (κ2) is 10.8. The standard InChI is InChI=1S/C26H32N4O4S/c1-19(31)33-18-22-8-7-21(34-22)17-28-11-4-12-29(16-15-28)25(32)20-9-13-30(14-10-20)26-27-23-5-2-3-6-24(23)35-26/h2-3,5-8,20H,4,9-18H2,1H3. The molecule has 35 heavy (non-hydrogen) atoms. The maximum absolute atomic E-state index is 13.3. The van der Waals surface area contributed by atoms with Crippen molar-refractivity contribution in [1.82, 2.24) is 14.8 Å². The zero-order chi connectivity index (χ0) is 24.2. The number of piperidine rings is 1. The summed E-state index contributed by atoms with van der Waals surface area (Å²) < 4.78 is 12.0. The molecule has 186 valence electrons. The number of furan rings is 1. The van der Waals surface area contributed by atoms with Crippen molar-refractivity contribution in [3.05, 3.63) is 47.9 Å². The van der Waals surface area contributed by atoms with Gasteiger partial charge >= 0.3 is 5.97 Å². The number of aromatic nitrogens is 1. The zero-order valence-corrected chi connectivity index (χ0v) is 21.0. The average Bonchev–Trinajstić information content (AvgIpc) is 3.44. The summed E-state index contributed by atoms with van der Waals surface area (Å²) >= 11 is 1.73. The van der Waals surface area contributed by atoms with Crippen LogP contribution in [0, 0.1) is 5.92 Å². The van der Waals surface area contributed by atoms with E-state index in [-0.39, 0.29) is 18.5 Å². The van der Waals surface area contributed by atoms with E-state index in [0.717, 1.165) is 74.9 Å². The van der Waals surface area contributed by atoms with Crippen LogP contribution in [0.15, 0.2) is 40.8 Å². The van der Waals surface area contributed by atoms with Crippen LogP contribution in [0.2, 0.25) is 0 Å². The number of nitrogens with zero attached hydrogens (tertiary/aromatic N) is 4. The summed E-state index contributed by atoms with van der Waals surface area (Å²) in [6.07, 6.45) is 2.72. The molecule has 1 amide bonds. The maximum Gasteiger partial charge on any atom is 0.303 e. The lowest BCUT2D eigenvalue weighted by atomic mass is 9.95. The van der Waals surface area contributed by atoms with E-state index < -0.39 is 0 Å². The summed E-state index contributed by atoms with van der Waals surface area (Å²) in [5.74, 6) is 1.59. The minimum atomic E-state index is -0.317. The number of thiazole rings is 1. The molecule has 8 nitrogen and oxygen atoms in total. The van der Waals surface area contributed by atoms with Crippen molar-refractivity contribution in [3.63, 3.8) is 0 Å². The van der Waals surface area contributed by atoms with Gasteiger partial charge in [-0.3, -0.25) is 14.5 Å². The number of hydrogen-bond acceptors (Lipinski definition) is 8. The fourth-order valence-electron chi connectivity index (χ4n) is 4.90. The molecular formula is C26H32N4O4S. The van der Waals surface area contributed by atoms with Crippen LogP contribution in [0.4, 0.5) is 5.13 Å². The molecule has 4 heterocycles. The summed E-state index contributed by atoms with van der Waals surface area (Å²) in [4.78, 5) is 35.8. The van der Waals surface area contributed by atoms with Gasteiger partial charge in [0.25, 0.3) is 0 Å². The molecule has 0 atom stereocenters. The smallest absolute Gasteiger partial charge is 0.303 e. The largest absolute Gasteiger partial charge is 0.461 e. The van der Waals surface area contributed by atoms with Crippen LogP contribution >= 0.6 is 11.3 Å². The summed E-state index contributed by atoms with van der Waals surface area (Å²) in [5, 5.41) is 1.07. The number of carbonyl (C=O) groups excluding carboxylic acids is 2. The lowest BCUT2D eigenvalue weighted by molar-refractivity contribution is -0.142. The molecule has 9 heteroatoms. The van der Waals surface area contributed by atoms with E-state index in [4.69, 9.17) is 14.1 Å². The van der Waals surface area contributed by atoms with E-state index in [2.05, 4.69) is 32.9 Å². The zero-order valence-electron chi connectivity index (χ0n) is 20.1. The number of benzene rings is 1. The summed E-state index contributed by atoms with van der Waals surface area (Å²) in [6, 6.07) is 12.0. The van der Waals surface area contributed by atoms with Crippen molar-refractivity contribution in [1.29, 1.82) is 0 Å². The molecule has 0 N–H and O–H groups in total. The first-order chi connectivity index (χ1) is 17.0. The highest BCUT2D eigenvalue weighted by molar-refractivity contribution is 7.22. The van der Waals surface area contributed by atoms with Crippen LogP contribution < -0.4 is 4.90 Å². The molecule has 0 saturated carbocycles. The number of carbonyl (C=O) groups is 2. The summed E-state index contributed by atoms with van der Waals surface area (Å²) in [6.45, 7) is 7.32. The van der Waals surface area contributed by atoms with E-state index in [1.165, 1.54) is 11.6 Å². The molecule has 2 saturated heterocycles. The Morgan fingerprint density at radius 3 is 2.63 bits per heavy atom. The molecule has 5 rings (SSSR count). The molecule has 2 aliphatic heterocycles. The average molecular weight is 497 g/mol. The number of rotatable bonds is 6. The number of amides is 1. The predicted octanol–water partition coefficient (Wildman–Crippen LogP) is 3.90. The third-order valence-corrected chi connectivity index (χ3v) is 7.91. The summed E-state index contributed by atoms with van der Waals surface area (Å²) in [7, 11) is 0. The van der Waals surface area contributed by atoms with Gasteiger partial charge in [-0.05, 0) is 43.5 Å². The van der Waals surface area contributed by atoms with Crippen molar-refractivity contribution >= 4 is 38.6 Å². The number of anilines is 1. The van der Waals surface area contributed by atoms with Gasteiger partial charge in [0.2, 0.25) is 5.91 Å². The molecule has 0 bridgehead atoms. The molecule has 2 aromatic heterocycles. The minimum Gasteiger partial charge on any atom is -0.461 e. The monoisotopic (exact) mass is 496 g/mol. The van der Waals surface area contributed by atoms with Crippen LogP contribution in [0.3, 0.4) is 0 Å². The van der Waals surface area contributed by atoms with Crippen molar-refractivity contribution < 1.29 is 18.7 Å².